The molecule has 0 radical (unpaired) electrons. The molecule has 2 saturated heterocycles. The Bertz CT molecular complexity index is 2510. The lowest BCUT2D eigenvalue weighted by Gasteiger charge is -2.31. The Morgan fingerprint density at radius 3 is 1.88 bits per heavy atom. The number of benzene rings is 3. The summed E-state index contributed by atoms with van der Waals surface area (Å²) in [7, 11) is 2.22. The molecule has 4 heterocycles. The Morgan fingerprint density at radius 1 is 0.738 bits per heavy atom. The number of alkyl carbamates (subject to hydrolysis) is 2. The number of hydrogen-bond acceptors (Lipinski definition) is 9. The highest BCUT2D eigenvalue weighted by molar-refractivity contribution is 6.00. The third-order valence-electron chi connectivity index (χ3n) is 11.9. The first-order valence-corrected chi connectivity index (χ1v) is 21.1. The first-order chi connectivity index (χ1) is 30.7. The second-order valence-electron chi connectivity index (χ2n) is 17.3. The van der Waals surface area contributed by atoms with Crippen LogP contribution < -0.4 is 20.7 Å². The lowest BCUT2D eigenvalue weighted by molar-refractivity contribution is -0.140. The van der Waals surface area contributed by atoms with Crippen LogP contribution in [0.25, 0.3) is 22.2 Å². The van der Waals surface area contributed by atoms with Gasteiger partial charge in [-0.05, 0) is 47.7 Å². The molecule has 3 aliphatic heterocycles. The van der Waals surface area contributed by atoms with Crippen LogP contribution in [-0.4, -0.2) is 113 Å². The van der Waals surface area contributed by atoms with E-state index < -0.39 is 116 Å². The highest BCUT2D eigenvalue weighted by Gasteiger charge is 2.53. The smallest absolute Gasteiger partial charge is 0.407 e. The average molecular weight is 907 g/mol. The topological polar surface area (TPSA) is 178 Å². The molecule has 5 atom stereocenters. The van der Waals surface area contributed by atoms with E-state index in [1.807, 2.05) is 41.0 Å². The number of carbonyl (C=O) groups is 6. The second-order valence-corrected chi connectivity index (χ2v) is 17.3. The molecule has 2 fully saturated rings. The van der Waals surface area contributed by atoms with Gasteiger partial charge in [-0.1, -0.05) is 64.1 Å². The van der Waals surface area contributed by atoms with E-state index in [1.165, 1.54) is 0 Å². The molecule has 7 rings (SSSR count). The summed E-state index contributed by atoms with van der Waals surface area (Å²) in [6, 6.07) is 15.7. The molecule has 65 heavy (non-hydrogen) atoms. The van der Waals surface area contributed by atoms with Gasteiger partial charge in [0.25, 0.3) is 11.8 Å². The van der Waals surface area contributed by atoms with Crippen LogP contribution in [0.1, 0.15) is 57.9 Å². The van der Waals surface area contributed by atoms with Crippen LogP contribution in [0.2, 0.25) is 0 Å². The predicted molar refractivity (Wildman–Crippen MR) is 228 cm³/mol. The number of methoxy groups -OCH3 is 2. The van der Waals surface area contributed by atoms with Crippen LogP contribution in [0, 0.1) is 11.8 Å². The molecule has 5 amide bonds. The van der Waals surface area contributed by atoms with Crippen molar-refractivity contribution in [1.29, 1.82) is 0 Å². The number of carbonyl (C=O) groups excluding carboxylic acids is 6. The number of anilines is 1. The van der Waals surface area contributed by atoms with Gasteiger partial charge in [-0.3, -0.25) is 19.2 Å². The monoisotopic (exact) mass is 906 g/mol. The Labute approximate surface area is 371 Å². The van der Waals surface area contributed by atoms with Gasteiger partial charge >= 0.3 is 12.2 Å². The lowest BCUT2D eigenvalue weighted by atomic mass is 9.98. The number of likely N-dealkylation sites (tertiary alicyclic amines) is 2. The van der Waals surface area contributed by atoms with Gasteiger partial charge in [-0.2, -0.15) is 0 Å². The van der Waals surface area contributed by atoms with Crippen molar-refractivity contribution in [2.24, 2.45) is 11.8 Å². The number of fused-ring (bicyclic) bond motifs is 5. The summed E-state index contributed by atoms with van der Waals surface area (Å²) < 4.78 is 77.4. The van der Waals surface area contributed by atoms with Crippen molar-refractivity contribution >= 4 is 52.3 Å². The van der Waals surface area contributed by atoms with Crippen molar-refractivity contribution in [3.05, 3.63) is 83.9 Å². The van der Waals surface area contributed by atoms with Crippen LogP contribution >= 0.6 is 0 Å². The van der Waals surface area contributed by atoms with Gasteiger partial charge in [0.05, 0.1) is 44.6 Å². The van der Waals surface area contributed by atoms with Crippen molar-refractivity contribution in [2.45, 2.75) is 89.2 Å². The van der Waals surface area contributed by atoms with Gasteiger partial charge in [-0.25, -0.2) is 27.2 Å². The van der Waals surface area contributed by atoms with Crippen molar-refractivity contribution in [3.63, 3.8) is 0 Å². The van der Waals surface area contributed by atoms with Gasteiger partial charge in [0.15, 0.2) is 5.78 Å². The number of amides is 5. The molecule has 0 saturated carbocycles. The molecule has 1 unspecified atom stereocenters. The number of ketones is 1. The number of halogens is 4. The first-order valence-electron chi connectivity index (χ1n) is 21.1. The van der Waals surface area contributed by atoms with E-state index in [0.29, 0.717) is 33.5 Å². The summed E-state index contributed by atoms with van der Waals surface area (Å²) in [5.74, 6) is -10.5. The van der Waals surface area contributed by atoms with E-state index in [4.69, 9.17) is 4.74 Å². The molecule has 19 heteroatoms. The molecular formula is C46H50F4N6O9. The average Bonchev–Trinajstić information content (AvgIpc) is 3.93. The second kappa shape index (κ2) is 18.1. The summed E-state index contributed by atoms with van der Waals surface area (Å²) in [4.78, 5) is 80.3. The molecule has 3 N–H and O–H groups in total. The van der Waals surface area contributed by atoms with E-state index in [2.05, 4.69) is 25.4 Å². The molecule has 3 aliphatic rings. The van der Waals surface area contributed by atoms with Crippen LogP contribution in [0.15, 0.2) is 72.8 Å². The molecule has 1 aromatic heterocycles. The minimum absolute atomic E-state index is 0.201. The summed E-state index contributed by atoms with van der Waals surface area (Å²) >= 11 is 0. The molecule has 0 bridgehead atoms. The highest BCUT2D eigenvalue weighted by Crippen LogP contribution is 2.46. The fourth-order valence-corrected chi connectivity index (χ4v) is 8.69. The number of nitrogens with one attached hydrogen (secondary N) is 3. The number of nitrogens with zero attached hydrogens (tertiary/aromatic N) is 3. The number of alkyl halides is 4. The molecule has 0 aliphatic carbocycles. The predicted octanol–water partition coefficient (Wildman–Crippen LogP) is 6.53. The van der Waals surface area contributed by atoms with Crippen LogP contribution in [0.5, 0.6) is 5.75 Å². The fourth-order valence-electron chi connectivity index (χ4n) is 8.69. The van der Waals surface area contributed by atoms with E-state index >= 15 is 0 Å². The zero-order valence-electron chi connectivity index (χ0n) is 36.5. The van der Waals surface area contributed by atoms with Crippen molar-refractivity contribution < 1.29 is 60.5 Å². The van der Waals surface area contributed by atoms with Gasteiger partial charge in [0, 0.05) is 47.5 Å². The van der Waals surface area contributed by atoms with Crippen LogP contribution in [0.4, 0.5) is 32.8 Å². The van der Waals surface area contributed by atoms with Gasteiger partial charge in [-0.15, -0.1) is 0 Å². The number of aromatic nitrogens is 1. The number of ether oxygens (including phenoxy) is 3. The zero-order chi connectivity index (χ0) is 47.1. The van der Waals surface area contributed by atoms with E-state index in [-0.39, 0.29) is 12.1 Å². The highest BCUT2D eigenvalue weighted by atomic mass is 19.3. The molecule has 346 valence electrons. The summed E-state index contributed by atoms with van der Waals surface area (Å²) in [6.07, 6.45) is -4.66. The fraction of sp³-hybridized carbons (Fsp3) is 0.435. The SMILES string of the molecule is COC(=O)N[C@H](C(=O)N1CC(F)(F)C[C@H]1C(=O)Cc1ccc2c(c1)cc1n2C(c2ccccc2)Oc2cc(NC(=O)[C@@H]3CC(F)(F)CN3C(=O)[C@@H](NC(=O)OC)C(C)C)ccc2-1)C(C)C. The maximum absolute atomic E-state index is 14.9. The van der Waals surface area contributed by atoms with Gasteiger partial charge < -0.3 is 44.5 Å². The minimum atomic E-state index is -3.38. The normalized spacial score (nSPS) is 20.3. The Kier molecular flexibility index (Phi) is 12.9. The molecular weight excluding hydrogens is 857 g/mol. The standard InChI is InChI=1S/C46H50F4N6O9/c1-24(2)37(52-43(61)63-5)40(59)54-22-45(47,48)20-33(54)35(57)17-26-12-15-31-28(16-26)18-32-30-14-13-29(19-36(30)65-42(56(31)32)27-10-8-7-9-11-27)51-39(58)34-21-46(49,50)23-55(34)41(60)38(25(3)4)53-44(62)64-6/h7-16,18-19,24-25,33-34,37-38,42H,17,20-23H2,1-6H3,(H,51,58)(H,52,61)(H,53,62)/t33-,34-,37-,38-,42?/m0/s1. The Balaban J connectivity index is 1.16. The summed E-state index contributed by atoms with van der Waals surface area (Å²) in [6.45, 7) is 4.52. The van der Waals surface area contributed by atoms with Crippen LogP contribution in [-0.2, 0) is 35.1 Å². The third kappa shape index (κ3) is 9.59. The van der Waals surface area contributed by atoms with Crippen LogP contribution in [0.3, 0.4) is 0 Å². The Hall–Kier alpha value is -6.66. The minimum Gasteiger partial charge on any atom is -0.465 e. The van der Waals surface area contributed by atoms with Gasteiger partial charge in [0.1, 0.15) is 23.9 Å². The largest absolute Gasteiger partial charge is 0.465 e. The number of Topliss-reactive ketones (excluding diaryl/α,β-unsaturated/α-hetero) is 1. The molecule has 3 aromatic carbocycles. The van der Waals surface area contributed by atoms with E-state index in [9.17, 15) is 46.3 Å². The summed E-state index contributed by atoms with van der Waals surface area (Å²) in [5, 5.41) is 8.13. The first kappa shape index (κ1) is 46.3. The summed E-state index contributed by atoms with van der Waals surface area (Å²) in [5.41, 5.74) is 3.45. The maximum atomic E-state index is 14.9. The maximum Gasteiger partial charge on any atom is 0.407 e. The number of hydrogen-bond donors (Lipinski definition) is 3. The van der Waals surface area contributed by atoms with E-state index in [1.54, 1.807) is 64.1 Å². The van der Waals surface area contributed by atoms with Crippen molar-refractivity contribution in [3.8, 4) is 17.0 Å². The van der Waals surface area contributed by atoms with Gasteiger partial charge in [0.2, 0.25) is 23.9 Å². The zero-order valence-corrected chi connectivity index (χ0v) is 36.5. The lowest BCUT2D eigenvalue weighted by Crippen LogP contribution is -2.54. The number of rotatable bonds is 12. The van der Waals surface area contributed by atoms with Crippen molar-refractivity contribution in [1.82, 2.24) is 25.0 Å². The molecule has 15 nitrogen and oxygen atoms in total. The third-order valence-corrected chi connectivity index (χ3v) is 11.9. The quantitative estimate of drug-likeness (QED) is 0.133. The molecule has 0 spiro atoms. The Morgan fingerprint density at radius 2 is 1.31 bits per heavy atom. The van der Waals surface area contributed by atoms with Crippen molar-refractivity contribution in [2.75, 3.05) is 32.6 Å². The molecule has 4 aromatic rings. The van der Waals surface area contributed by atoms with E-state index in [0.717, 1.165) is 29.6 Å².